The van der Waals surface area contributed by atoms with Crippen molar-refractivity contribution in [2.24, 2.45) is 10.9 Å². The van der Waals surface area contributed by atoms with Gasteiger partial charge in [-0.1, -0.05) is 23.8 Å². The predicted octanol–water partition coefficient (Wildman–Crippen LogP) is 6.26. The molecule has 0 amide bonds. The summed E-state index contributed by atoms with van der Waals surface area (Å²) in [4.78, 5) is 20.4. The van der Waals surface area contributed by atoms with Gasteiger partial charge in [0.05, 0.1) is 17.3 Å². The first-order valence-corrected chi connectivity index (χ1v) is 11.0. The van der Waals surface area contributed by atoms with Crippen molar-refractivity contribution in [3.8, 4) is 16.9 Å². The number of thiophene rings is 1. The van der Waals surface area contributed by atoms with Gasteiger partial charge in [-0.05, 0) is 62.9 Å². The highest BCUT2D eigenvalue weighted by atomic mass is 32.1. The highest BCUT2D eigenvalue weighted by molar-refractivity contribution is 7.18. The summed E-state index contributed by atoms with van der Waals surface area (Å²) in [5.41, 5.74) is 10.2. The predicted molar refractivity (Wildman–Crippen MR) is 123 cm³/mol. The molecule has 6 nitrogen and oxygen atoms in total. The molecule has 30 heavy (non-hydrogen) atoms. The molecule has 1 aliphatic carbocycles. The molecular formula is C23H24N4O2S. The molecule has 0 unspecified atom stereocenters. The molecule has 3 aromatic rings. The lowest BCUT2D eigenvalue weighted by atomic mass is 10.0. The van der Waals surface area contributed by atoms with Crippen LogP contribution in [0.25, 0.3) is 27.0 Å². The Balaban J connectivity index is 1.87. The van der Waals surface area contributed by atoms with Crippen molar-refractivity contribution < 1.29 is 4.74 Å². The SMILES string of the molecule is C/C=C\C=C(/N)c1nc(N=O)c2scc(-c3cc(C)ccc3OC3CCCC3)c2n1. The molecule has 0 bridgehead atoms. The molecule has 0 spiro atoms. The number of benzene rings is 1. The van der Waals surface area contributed by atoms with Gasteiger partial charge in [0.25, 0.3) is 0 Å². The van der Waals surface area contributed by atoms with Crippen LogP contribution in [-0.2, 0) is 0 Å². The Kier molecular flexibility index (Phi) is 5.90. The molecule has 1 aliphatic rings. The summed E-state index contributed by atoms with van der Waals surface area (Å²) in [7, 11) is 0. The number of allylic oxidation sites excluding steroid dienone is 3. The van der Waals surface area contributed by atoms with Gasteiger partial charge >= 0.3 is 0 Å². The molecule has 1 aromatic carbocycles. The van der Waals surface area contributed by atoms with Gasteiger partial charge in [-0.3, -0.25) is 0 Å². The van der Waals surface area contributed by atoms with Gasteiger partial charge in [0.15, 0.2) is 5.82 Å². The van der Waals surface area contributed by atoms with E-state index in [1.807, 2.05) is 31.4 Å². The van der Waals surface area contributed by atoms with E-state index in [1.165, 1.54) is 24.2 Å². The second kappa shape index (κ2) is 8.75. The normalized spacial score (nSPS) is 15.3. The van der Waals surface area contributed by atoms with E-state index in [-0.39, 0.29) is 11.9 Å². The molecule has 0 aliphatic heterocycles. The van der Waals surface area contributed by atoms with Gasteiger partial charge in [-0.25, -0.2) is 9.97 Å². The number of nitroso groups, excluding NO2 is 1. The molecule has 1 saturated carbocycles. The van der Waals surface area contributed by atoms with E-state index in [0.29, 0.717) is 21.7 Å². The Morgan fingerprint density at radius 3 is 2.80 bits per heavy atom. The van der Waals surface area contributed by atoms with Gasteiger partial charge in [0, 0.05) is 16.5 Å². The number of hydrogen-bond donors (Lipinski definition) is 1. The zero-order chi connectivity index (χ0) is 21.1. The molecule has 0 radical (unpaired) electrons. The van der Waals surface area contributed by atoms with E-state index in [4.69, 9.17) is 15.5 Å². The smallest absolute Gasteiger partial charge is 0.218 e. The Labute approximate surface area is 179 Å². The first-order chi connectivity index (χ1) is 14.6. The maximum atomic E-state index is 11.5. The molecule has 154 valence electrons. The minimum absolute atomic E-state index is 0.106. The summed E-state index contributed by atoms with van der Waals surface area (Å²) in [6.45, 7) is 3.95. The van der Waals surface area contributed by atoms with Crippen LogP contribution in [0.15, 0.2) is 47.0 Å². The monoisotopic (exact) mass is 420 g/mol. The summed E-state index contributed by atoms with van der Waals surface area (Å²) >= 11 is 1.41. The van der Waals surface area contributed by atoms with Crippen molar-refractivity contribution in [2.45, 2.75) is 45.6 Å². The van der Waals surface area contributed by atoms with Gasteiger partial charge < -0.3 is 10.5 Å². The van der Waals surface area contributed by atoms with Crippen molar-refractivity contribution in [1.29, 1.82) is 0 Å². The van der Waals surface area contributed by atoms with Crippen LogP contribution < -0.4 is 10.5 Å². The number of ether oxygens (including phenoxy) is 1. The van der Waals surface area contributed by atoms with Crippen LogP contribution in [0.2, 0.25) is 0 Å². The molecule has 2 N–H and O–H groups in total. The fourth-order valence-corrected chi connectivity index (χ4v) is 4.63. The first-order valence-electron chi connectivity index (χ1n) is 10.1. The standard InChI is InChI=1S/C23H24N4O2S/c1-3-4-9-18(24)22-25-20-17(13-30-21(20)23(26-22)27-28)16-12-14(2)10-11-19(16)29-15-7-5-6-8-15/h3-4,9-13,15H,5-8,24H2,1-2H3/b4-3-,18-9-. The minimum atomic E-state index is 0.106. The second-order valence-corrected chi connectivity index (χ2v) is 8.34. The third kappa shape index (κ3) is 3.98. The Hall–Kier alpha value is -3.06. The van der Waals surface area contributed by atoms with Crippen molar-refractivity contribution in [1.82, 2.24) is 9.97 Å². The molecular weight excluding hydrogens is 396 g/mol. The van der Waals surface area contributed by atoms with E-state index in [9.17, 15) is 4.91 Å². The van der Waals surface area contributed by atoms with Crippen LogP contribution in [0, 0.1) is 11.8 Å². The Morgan fingerprint density at radius 1 is 1.27 bits per heavy atom. The van der Waals surface area contributed by atoms with E-state index < -0.39 is 0 Å². The zero-order valence-corrected chi connectivity index (χ0v) is 17.9. The average molecular weight is 421 g/mol. The van der Waals surface area contributed by atoms with Crippen LogP contribution >= 0.6 is 11.3 Å². The van der Waals surface area contributed by atoms with Crippen molar-refractivity contribution >= 4 is 33.1 Å². The average Bonchev–Trinajstić information content (AvgIpc) is 3.42. The lowest BCUT2D eigenvalue weighted by Crippen LogP contribution is -2.11. The summed E-state index contributed by atoms with van der Waals surface area (Å²) in [6, 6.07) is 6.17. The number of nitrogens with zero attached hydrogens (tertiary/aromatic N) is 3. The largest absolute Gasteiger partial charge is 0.490 e. The lowest BCUT2D eigenvalue weighted by molar-refractivity contribution is 0.211. The van der Waals surface area contributed by atoms with Crippen molar-refractivity contribution in [3.63, 3.8) is 0 Å². The number of hydrogen-bond acceptors (Lipinski definition) is 7. The van der Waals surface area contributed by atoms with Gasteiger partial charge in [0.1, 0.15) is 10.4 Å². The van der Waals surface area contributed by atoms with E-state index >= 15 is 0 Å². The molecule has 1 fully saturated rings. The maximum Gasteiger partial charge on any atom is 0.218 e. The first kappa shape index (κ1) is 20.2. The van der Waals surface area contributed by atoms with Crippen LogP contribution in [0.1, 0.15) is 44.0 Å². The van der Waals surface area contributed by atoms with E-state index in [0.717, 1.165) is 35.3 Å². The Morgan fingerprint density at radius 2 is 2.07 bits per heavy atom. The van der Waals surface area contributed by atoms with E-state index in [1.54, 1.807) is 12.2 Å². The number of aryl methyl sites for hydroxylation is 1. The van der Waals surface area contributed by atoms with Crippen molar-refractivity contribution in [2.75, 3.05) is 0 Å². The fourth-order valence-electron chi connectivity index (χ4n) is 3.70. The van der Waals surface area contributed by atoms with Gasteiger partial charge in [-0.15, -0.1) is 16.2 Å². The van der Waals surface area contributed by atoms with Crippen molar-refractivity contribution in [3.05, 3.63) is 58.1 Å². The fraction of sp³-hybridized carbons (Fsp3) is 0.304. The molecule has 2 heterocycles. The van der Waals surface area contributed by atoms with Gasteiger partial charge in [-0.2, -0.15) is 0 Å². The molecule has 2 aromatic heterocycles. The van der Waals surface area contributed by atoms with E-state index in [2.05, 4.69) is 22.3 Å². The molecule has 0 saturated heterocycles. The summed E-state index contributed by atoms with van der Waals surface area (Å²) in [5.74, 6) is 1.24. The topological polar surface area (TPSA) is 90.5 Å². The number of nitrogens with two attached hydrogens (primary N) is 1. The third-order valence-electron chi connectivity index (χ3n) is 5.23. The lowest BCUT2D eigenvalue weighted by Gasteiger charge is -2.17. The van der Waals surface area contributed by atoms with Crippen LogP contribution in [0.3, 0.4) is 0 Å². The third-order valence-corrected chi connectivity index (χ3v) is 6.20. The number of rotatable bonds is 6. The number of aromatic nitrogens is 2. The van der Waals surface area contributed by atoms with Gasteiger partial charge in [0.2, 0.25) is 5.82 Å². The highest BCUT2D eigenvalue weighted by Crippen LogP contribution is 2.42. The minimum Gasteiger partial charge on any atom is -0.490 e. The Bertz CT molecular complexity index is 1140. The van der Waals surface area contributed by atoms with Crippen LogP contribution in [0.4, 0.5) is 5.82 Å². The summed E-state index contributed by atoms with van der Waals surface area (Å²) in [5, 5.41) is 5.12. The molecule has 0 atom stereocenters. The molecule has 4 rings (SSSR count). The van der Waals surface area contributed by atoms with Crippen LogP contribution in [0.5, 0.6) is 5.75 Å². The second-order valence-electron chi connectivity index (χ2n) is 7.46. The summed E-state index contributed by atoms with van der Waals surface area (Å²) in [6.07, 6.45) is 10.2. The highest BCUT2D eigenvalue weighted by Gasteiger charge is 2.22. The zero-order valence-electron chi connectivity index (χ0n) is 17.1. The van der Waals surface area contributed by atoms with Crippen LogP contribution in [-0.4, -0.2) is 16.1 Å². The molecule has 7 heteroatoms. The summed E-state index contributed by atoms with van der Waals surface area (Å²) < 4.78 is 7.00. The quantitative estimate of drug-likeness (QED) is 0.375. The number of fused-ring (bicyclic) bond motifs is 1. The maximum absolute atomic E-state index is 11.5.